The molecular weight excluding hydrogens is 280 g/mol. The van der Waals surface area contributed by atoms with Crippen LogP contribution in [0.5, 0.6) is 0 Å². The summed E-state index contributed by atoms with van der Waals surface area (Å²) in [6.45, 7) is 5.63. The number of carbonyl (C=O) groups excluding carboxylic acids is 1. The summed E-state index contributed by atoms with van der Waals surface area (Å²) in [5.41, 5.74) is 1.12. The van der Waals surface area contributed by atoms with Crippen molar-refractivity contribution < 1.29 is 9.53 Å². The second kappa shape index (κ2) is 7.05. The molecule has 6 nitrogen and oxygen atoms in total. The van der Waals surface area contributed by atoms with Gasteiger partial charge < -0.3 is 14.5 Å². The number of amides is 1. The van der Waals surface area contributed by atoms with E-state index in [4.69, 9.17) is 4.74 Å². The van der Waals surface area contributed by atoms with E-state index < -0.39 is 0 Å². The fraction of sp³-hybridized carbons (Fsp3) is 0.688. The minimum atomic E-state index is -0.388. The molecule has 22 heavy (non-hydrogen) atoms. The van der Waals surface area contributed by atoms with Crippen molar-refractivity contribution in [2.45, 2.75) is 38.7 Å². The first-order valence-corrected chi connectivity index (χ1v) is 8.24. The number of morpholine rings is 1. The van der Waals surface area contributed by atoms with E-state index in [1.54, 1.807) is 0 Å². The highest BCUT2D eigenvalue weighted by Crippen LogP contribution is 2.17. The molecule has 3 rings (SSSR count). The van der Waals surface area contributed by atoms with Gasteiger partial charge in [-0.3, -0.25) is 4.79 Å². The second-order valence-electron chi connectivity index (χ2n) is 5.94. The van der Waals surface area contributed by atoms with Gasteiger partial charge in [-0.15, -0.1) is 0 Å². The van der Waals surface area contributed by atoms with E-state index in [9.17, 15) is 4.79 Å². The summed E-state index contributed by atoms with van der Waals surface area (Å²) in [5, 5.41) is 0. The van der Waals surface area contributed by atoms with E-state index in [0.29, 0.717) is 19.1 Å². The number of hydrogen-bond donors (Lipinski definition) is 0. The van der Waals surface area contributed by atoms with E-state index in [-0.39, 0.29) is 12.0 Å². The first-order valence-electron chi connectivity index (χ1n) is 8.24. The van der Waals surface area contributed by atoms with Crippen LogP contribution in [0, 0.1) is 0 Å². The van der Waals surface area contributed by atoms with E-state index in [1.807, 2.05) is 17.3 Å². The van der Waals surface area contributed by atoms with Gasteiger partial charge in [-0.25, -0.2) is 9.97 Å². The Hall–Kier alpha value is -1.69. The number of hydrogen-bond acceptors (Lipinski definition) is 5. The number of aryl methyl sites for hydroxylation is 1. The number of nitrogens with zero attached hydrogens (tertiary/aromatic N) is 4. The van der Waals surface area contributed by atoms with Gasteiger partial charge in [0, 0.05) is 32.0 Å². The van der Waals surface area contributed by atoms with Crippen molar-refractivity contribution in [2.24, 2.45) is 0 Å². The Morgan fingerprint density at radius 2 is 1.95 bits per heavy atom. The first-order chi connectivity index (χ1) is 10.8. The monoisotopic (exact) mass is 304 g/mol. The molecule has 2 aliphatic rings. The molecule has 0 aromatic carbocycles. The number of ether oxygens (including phenoxy) is 1. The number of anilines is 1. The van der Waals surface area contributed by atoms with E-state index in [2.05, 4.69) is 21.8 Å². The molecule has 1 unspecified atom stereocenters. The van der Waals surface area contributed by atoms with Crippen LogP contribution in [0.15, 0.2) is 12.4 Å². The van der Waals surface area contributed by atoms with Crippen molar-refractivity contribution in [3.63, 3.8) is 0 Å². The minimum Gasteiger partial charge on any atom is -0.365 e. The SMILES string of the molecule is CCc1cnc(N2CCOC(C(=O)N3CCCCC3)C2)nc1. The number of rotatable bonds is 3. The molecular formula is C16H24N4O2. The Balaban J connectivity index is 1.64. The highest BCUT2D eigenvalue weighted by Gasteiger charge is 2.31. The van der Waals surface area contributed by atoms with Gasteiger partial charge in [0.2, 0.25) is 5.95 Å². The van der Waals surface area contributed by atoms with Gasteiger partial charge in [-0.2, -0.15) is 0 Å². The largest absolute Gasteiger partial charge is 0.365 e. The van der Waals surface area contributed by atoms with E-state index in [1.165, 1.54) is 6.42 Å². The number of carbonyl (C=O) groups is 1. The van der Waals surface area contributed by atoms with Crippen LogP contribution in [0.2, 0.25) is 0 Å². The molecule has 0 radical (unpaired) electrons. The Labute approximate surface area is 131 Å². The predicted molar refractivity (Wildman–Crippen MR) is 83.8 cm³/mol. The molecule has 1 aromatic rings. The second-order valence-corrected chi connectivity index (χ2v) is 5.94. The zero-order valence-electron chi connectivity index (χ0n) is 13.2. The Morgan fingerprint density at radius 1 is 1.23 bits per heavy atom. The summed E-state index contributed by atoms with van der Waals surface area (Å²) in [7, 11) is 0. The van der Waals surface area contributed by atoms with Gasteiger partial charge >= 0.3 is 0 Å². The zero-order valence-corrected chi connectivity index (χ0v) is 13.2. The molecule has 0 bridgehead atoms. The molecule has 0 saturated carbocycles. The first kappa shape index (κ1) is 15.2. The maximum atomic E-state index is 12.6. The summed E-state index contributed by atoms with van der Waals surface area (Å²) in [6.07, 6.45) is 7.69. The van der Waals surface area contributed by atoms with Gasteiger partial charge in [-0.1, -0.05) is 6.92 Å². The summed E-state index contributed by atoms with van der Waals surface area (Å²) in [6, 6.07) is 0. The lowest BCUT2D eigenvalue weighted by molar-refractivity contribution is -0.145. The highest BCUT2D eigenvalue weighted by atomic mass is 16.5. The standard InChI is InChI=1S/C16H24N4O2/c1-2-13-10-17-16(18-11-13)20-8-9-22-14(12-20)15(21)19-6-4-3-5-7-19/h10-11,14H,2-9,12H2,1H3. The summed E-state index contributed by atoms with van der Waals surface area (Å²) < 4.78 is 5.70. The fourth-order valence-electron chi connectivity index (χ4n) is 2.99. The van der Waals surface area contributed by atoms with Crippen molar-refractivity contribution in [1.29, 1.82) is 0 Å². The average molecular weight is 304 g/mol. The molecule has 0 N–H and O–H groups in total. The highest BCUT2D eigenvalue weighted by molar-refractivity contribution is 5.82. The Kier molecular flexibility index (Phi) is 4.87. The minimum absolute atomic E-state index is 0.120. The van der Waals surface area contributed by atoms with Crippen LogP contribution in [0.3, 0.4) is 0 Å². The lowest BCUT2D eigenvalue weighted by Gasteiger charge is -2.36. The van der Waals surface area contributed by atoms with E-state index >= 15 is 0 Å². The third-order valence-corrected chi connectivity index (χ3v) is 4.39. The van der Waals surface area contributed by atoms with Crippen LogP contribution in [-0.2, 0) is 16.0 Å². The van der Waals surface area contributed by atoms with Crippen LogP contribution in [0.4, 0.5) is 5.95 Å². The molecule has 2 saturated heterocycles. The zero-order chi connectivity index (χ0) is 15.4. The van der Waals surface area contributed by atoms with Gasteiger partial charge in [0.15, 0.2) is 6.10 Å². The van der Waals surface area contributed by atoms with Crippen LogP contribution in [0.1, 0.15) is 31.7 Å². The molecule has 3 heterocycles. The maximum Gasteiger partial charge on any atom is 0.253 e. The summed E-state index contributed by atoms with van der Waals surface area (Å²) in [5.74, 6) is 0.812. The average Bonchev–Trinajstić information content (AvgIpc) is 2.62. The maximum absolute atomic E-state index is 12.6. The molecule has 2 fully saturated rings. The van der Waals surface area contributed by atoms with Crippen molar-refractivity contribution in [3.05, 3.63) is 18.0 Å². The lowest BCUT2D eigenvalue weighted by atomic mass is 10.1. The van der Waals surface area contributed by atoms with Crippen molar-refractivity contribution in [1.82, 2.24) is 14.9 Å². The fourth-order valence-corrected chi connectivity index (χ4v) is 2.99. The molecule has 1 atom stereocenters. The predicted octanol–water partition coefficient (Wildman–Crippen LogP) is 1.26. The van der Waals surface area contributed by atoms with Gasteiger partial charge in [0.25, 0.3) is 5.91 Å². The molecule has 0 spiro atoms. The van der Waals surface area contributed by atoms with Crippen LogP contribution in [0.25, 0.3) is 0 Å². The van der Waals surface area contributed by atoms with Crippen LogP contribution >= 0.6 is 0 Å². The third kappa shape index (κ3) is 3.38. The molecule has 120 valence electrons. The molecule has 0 aliphatic carbocycles. The normalized spacial score (nSPS) is 22.7. The number of aromatic nitrogens is 2. The van der Waals surface area contributed by atoms with Crippen molar-refractivity contribution in [2.75, 3.05) is 37.7 Å². The van der Waals surface area contributed by atoms with Crippen molar-refractivity contribution >= 4 is 11.9 Å². The number of piperidine rings is 1. The summed E-state index contributed by atoms with van der Waals surface area (Å²) >= 11 is 0. The van der Waals surface area contributed by atoms with Gasteiger partial charge in [-0.05, 0) is 31.2 Å². The topological polar surface area (TPSA) is 58.6 Å². The molecule has 1 amide bonds. The number of likely N-dealkylation sites (tertiary alicyclic amines) is 1. The van der Waals surface area contributed by atoms with E-state index in [0.717, 1.165) is 44.5 Å². The molecule has 6 heteroatoms. The van der Waals surface area contributed by atoms with Crippen LogP contribution in [-0.4, -0.2) is 59.7 Å². The van der Waals surface area contributed by atoms with Gasteiger partial charge in [0.1, 0.15) is 0 Å². The van der Waals surface area contributed by atoms with Crippen molar-refractivity contribution in [3.8, 4) is 0 Å². The Bertz CT molecular complexity index is 499. The molecule has 1 aromatic heterocycles. The van der Waals surface area contributed by atoms with Crippen LogP contribution < -0.4 is 4.90 Å². The Morgan fingerprint density at radius 3 is 2.64 bits per heavy atom. The smallest absolute Gasteiger partial charge is 0.253 e. The summed E-state index contributed by atoms with van der Waals surface area (Å²) in [4.78, 5) is 25.4. The lowest BCUT2D eigenvalue weighted by Crippen LogP contribution is -2.52. The third-order valence-electron chi connectivity index (χ3n) is 4.39. The quantitative estimate of drug-likeness (QED) is 0.841. The molecule has 2 aliphatic heterocycles. The van der Waals surface area contributed by atoms with Gasteiger partial charge in [0.05, 0.1) is 13.2 Å².